The standard InChI is InChI=1S/C8H13I/c1-6-2-8-5-9(8,3-6)4-7(1)9/h6-8H,1-5H2. The molecule has 52 valence electrons. The summed E-state index contributed by atoms with van der Waals surface area (Å²) in [6.45, 7) is 0. The first-order valence-electron chi connectivity index (χ1n) is 4.10. The van der Waals surface area contributed by atoms with Gasteiger partial charge in [-0.05, 0) is 0 Å². The molecule has 4 saturated heterocycles. The van der Waals surface area contributed by atoms with E-state index in [-0.39, 0.29) is 0 Å². The van der Waals surface area contributed by atoms with Crippen molar-refractivity contribution in [2.75, 3.05) is 13.3 Å². The molecule has 4 aliphatic rings. The maximum absolute atomic E-state index is 1.85. The Bertz CT molecular complexity index is 197. The maximum atomic E-state index is 1.85. The van der Waals surface area contributed by atoms with E-state index in [4.69, 9.17) is 0 Å². The third-order valence-electron chi connectivity index (χ3n) is 4.38. The summed E-state index contributed by atoms with van der Waals surface area (Å²) in [5.41, 5.74) is 0. The molecule has 0 saturated carbocycles. The van der Waals surface area contributed by atoms with Gasteiger partial charge in [0, 0.05) is 0 Å². The average molecular weight is 236 g/mol. The minimum atomic E-state index is -1.18. The Labute approximate surface area is 57.0 Å². The summed E-state index contributed by atoms with van der Waals surface area (Å²) in [6.07, 6.45) is 3.43. The van der Waals surface area contributed by atoms with Gasteiger partial charge >= 0.3 is 56.9 Å². The summed E-state index contributed by atoms with van der Waals surface area (Å²) in [5.74, 6) is 1.29. The monoisotopic (exact) mass is 236 g/mol. The first kappa shape index (κ1) is 4.58. The second-order valence-corrected chi connectivity index (χ2v) is 20.0. The fourth-order valence-corrected chi connectivity index (χ4v) is 31.5. The van der Waals surface area contributed by atoms with Gasteiger partial charge in [0.2, 0.25) is 0 Å². The topological polar surface area (TPSA) is 0 Å². The number of alkyl halides is 5. The van der Waals surface area contributed by atoms with Gasteiger partial charge < -0.3 is 0 Å². The van der Waals surface area contributed by atoms with E-state index >= 15 is 0 Å². The summed E-state index contributed by atoms with van der Waals surface area (Å²) in [5, 5.41) is 0. The molecule has 0 amide bonds. The van der Waals surface area contributed by atoms with Crippen molar-refractivity contribution >= 4 is 17.0 Å². The van der Waals surface area contributed by atoms with Crippen LogP contribution in [0.4, 0.5) is 0 Å². The van der Waals surface area contributed by atoms with Crippen molar-refractivity contribution in [2.45, 2.75) is 20.7 Å². The second-order valence-electron chi connectivity index (χ2n) is 4.61. The molecule has 4 heterocycles. The van der Waals surface area contributed by atoms with Crippen molar-refractivity contribution in [3.05, 3.63) is 0 Å². The molecule has 0 aromatic carbocycles. The van der Waals surface area contributed by atoms with Crippen LogP contribution < -0.4 is 0 Å². The van der Waals surface area contributed by atoms with E-state index in [1.165, 1.54) is 13.8 Å². The summed E-state index contributed by atoms with van der Waals surface area (Å²) < 4.78 is 8.39. The van der Waals surface area contributed by atoms with Crippen LogP contribution in [0.2, 0.25) is 0 Å². The fourth-order valence-electron chi connectivity index (χ4n) is 3.85. The van der Waals surface area contributed by atoms with Crippen molar-refractivity contribution in [3.8, 4) is 0 Å². The zero-order valence-corrected chi connectivity index (χ0v) is 7.80. The number of hydrogen-bond acceptors (Lipinski definition) is 0. The Morgan fingerprint density at radius 3 is 1.89 bits per heavy atom. The molecule has 2 atom stereocenters. The van der Waals surface area contributed by atoms with Crippen molar-refractivity contribution in [2.24, 2.45) is 5.92 Å². The Hall–Kier alpha value is 0.730. The Balaban J connectivity index is 2.06. The molecular weight excluding hydrogens is 223 g/mol. The molecule has 0 radical (unpaired) electrons. The molecule has 1 heteroatoms. The minimum absolute atomic E-state index is 1.18. The van der Waals surface area contributed by atoms with E-state index < -0.39 is 17.0 Å². The Kier molecular flexibility index (Phi) is 0.434. The third kappa shape index (κ3) is 0.264. The van der Waals surface area contributed by atoms with Crippen molar-refractivity contribution in [1.82, 2.24) is 0 Å². The molecule has 4 aliphatic heterocycles. The van der Waals surface area contributed by atoms with Gasteiger partial charge in [0.05, 0.1) is 0 Å². The van der Waals surface area contributed by atoms with E-state index in [0.717, 1.165) is 0 Å². The SMILES string of the molecule is C1C2CC3CI34(C2)CC14. The molecular formula is C8H13I. The molecule has 4 fully saturated rings. The predicted molar refractivity (Wildman–Crippen MR) is 48.9 cm³/mol. The second kappa shape index (κ2) is 0.853. The van der Waals surface area contributed by atoms with Crippen LogP contribution in [0.3, 0.4) is 0 Å². The van der Waals surface area contributed by atoms with Crippen LogP contribution in [0.5, 0.6) is 0 Å². The fraction of sp³-hybridized carbons (Fsp3) is 1.00. The van der Waals surface area contributed by atoms with Gasteiger partial charge in [-0.2, -0.15) is 0 Å². The molecule has 0 aliphatic carbocycles. The van der Waals surface area contributed by atoms with Crippen molar-refractivity contribution < 1.29 is 0 Å². The zero-order chi connectivity index (χ0) is 5.71. The molecule has 4 rings (SSSR count). The number of hydrogen-bond donors (Lipinski definition) is 0. The van der Waals surface area contributed by atoms with Crippen LogP contribution in [-0.2, 0) is 0 Å². The average Bonchev–Trinajstić information content (AvgIpc) is 2.50. The molecule has 9 heavy (non-hydrogen) atoms. The van der Waals surface area contributed by atoms with Gasteiger partial charge in [-0.1, -0.05) is 0 Å². The first-order chi connectivity index (χ1) is 4.32. The molecule has 0 N–H and O–H groups in total. The van der Waals surface area contributed by atoms with Crippen LogP contribution in [0.1, 0.15) is 12.8 Å². The summed E-state index contributed by atoms with van der Waals surface area (Å²) in [6, 6.07) is 0. The number of rotatable bonds is 0. The van der Waals surface area contributed by atoms with Gasteiger partial charge in [0.1, 0.15) is 0 Å². The van der Waals surface area contributed by atoms with Gasteiger partial charge in [-0.15, -0.1) is 0 Å². The Morgan fingerprint density at radius 1 is 0.889 bits per heavy atom. The van der Waals surface area contributed by atoms with Crippen LogP contribution in [-0.4, -0.2) is 21.1 Å². The van der Waals surface area contributed by atoms with Gasteiger partial charge in [0.15, 0.2) is 0 Å². The molecule has 0 aromatic rings. The van der Waals surface area contributed by atoms with E-state index in [1.54, 1.807) is 12.8 Å². The first-order valence-corrected chi connectivity index (χ1v) is 11.2. The normalized spacial score (nSPS) is 71.6. The molecule has 1 spiro atoms. The quantitative estimate of drug-likeness (QED) is 0.444. The molecule has 2 bridgehead atoms. The van der Waals surface area contributed by atoms with Crippen molar-refractivity contribution in [1.29, 1.82) is 0 Å². The zero-order valence-electron chi connectivity index (χ0n) is 5.65. The van der Waals surface area contributed by atoms with E-state index in [0.29, 0.717) is 0 Å². The van der Waals surface area contributed by atoms with Crippen LogP contribution in [0.25, 0.3) is 0 Å². The molecule has 0 aromatic heterocycles. The van der Waals surface area contributed by atoms with Gasteiger partial charge in [-0.25, -0.2) is 0 Å². The third-order valence-corrected chi connectivity index (χ3v) is 23.7. The van der Waals surface area contributed by atoms with Crippen LogP contribution in [0, 0.1) is 5.92 Å². The molecule has 2 unspecified atom stereocenters. The predicted octanol–water partition coefficient (Wildman–Crippen LogP) is 1.75. The van der Waals surface area contributed by atoms with Gasteiger partial charge in [0.25, 0.3) is 0 Å². The van der Waals surface area contributed by atoms with E-state index in [9.17, 15) is 0 Å². The Morgan fingerprint density at radius 2 is 1.56 bits per heavy atom. The van der Waals surface area contributed by atoms with E-state index in [2.05, 4.69) is 0 Å². The number of fused-ring (bicyclic) bond motifs is 1. The van der Waals surface area contributed by atoms with Crippen LogP contribution in [0.15, 0.2) is 0 Å². The number of halogens is 1. The summed E-state index contributed by atoms with van der Waals surface area (Å²) in [7, 11) is 0. The van der Waals surface area contributed by atoms with Crippen LogP contribution >= 0.6 is 17.0 Å². The summed E-state index contributed by atoms with van der Waals surface area (Å²) >= 11 is -1.18. The van der Waals surface area contributed by atoms with Gasteiger partial charge in [-0.3, -0.25) is 0 Å². The molecule has 0 nitrogen and oxygen atoms in total. The summed E-state index contributed by atoms with van der Waals surface area (Å²) in [4.78, 5) is 0. The van der Waals surface area contributed by atoms with Crippen molar-refractivity contribution in [3.63, 3.8) is 0 Å². The van der Waals surface area contributed by atoms with E-state index in [1.807, 2.05) is 13.3 Å².